The largest absolute Gasteiger partial charge is 0.309 e. The van der Waals surface area contributed by atoms with E-state index in [1.54, 1.807) is 40.5 Å². The highest BCUT2D eigenvalue weighted by Gasteiger charge is 2.21. The first-order valence-electron chi connectivity index (χ1n) is 8.95. The van der Waals surface area contributed by atoms with E-state index in [2.05, 4.69) is 30.9 Å². The summed E-state index contributed by atoms with van der Waals surface area (Å²) in [6.07, 6.45) is 0.875. The smallest absolute Gasteiger partial charge is 0.260 e. The van der Waals surface area contributed by atoms with E-state index in [-0.39, 0.29) is 5.91 Å². The van der Waals surface area contributed by atoms with Crippen molar-refractivity contribution in [3.05, 3.63) is 58.1 Å². The number of amides is 1. The van der Waals surface area contributed by atoms with Gasteiger partial charge >= 0.3 is 0 Å². The van der Waals surface area contributed by atoms with Crippen LogP contribution in [0.2, 0.25) is 5.02 Å². The molecule has 0 atom stereocenters. The molecule has 6 heteroatoms. The Bertz CT molecular complexity index is 950. The highest BCUT2D eigenvalue weighted by Crippen LogP contribution is 2.32. The van der Waals surface area contributed by atoms with Gasteiger partial charge in [-0.2, -0.15) is 0 Å². The molecule has 0 spiro atoms. The van der Waals surface area contributed by atoms with Crippen LogP contribution in [0.4, 0.5) is 5.13 Å². The molecule has 142 valence electrons. The summed E-state index contributed by atoms with van der Waals surface area (Å²) in [5, 5.41) is 1.37. The summed E-state index contributed by atoms with van der Waals surface area (Å²) in [5.41, 5.74) is 3.98. The molecule has 1 aromatic heterocycles. The maximum atomic E-state index is 13.2. The molecular weight excluding hydrogens is 378 g/mol. The first-order chi connectivity index (χ1) is 12.9. The number of carbonyl (C=O) groups is 1. The third-order valence-electron chi connectivity index (χ3n) is 4.63. The van der Waals surface area contributed by atoms with Crippen molar-refractivity contribution in [2.75, 3.05) is 32.1 Å². The fraction of sp³-hybridized carbons (Fsp3) is 0.333. The van der Waals surface area contributed by atoms with Crippen LogP contribution in [-0.4, -0.2) is 43.0 Å². The number of nitrogens with zero attached hydrogens (tertiary/aromatic N) is 3. The number of aromatic nitrogens is 1. The minimum atomic E-state index is -0.0427. The Hall–Kier alpha value is -1.95. The highest BCUT2D eigenvalue weighted by molar-refractivity contribution is 7.22. The number of anilines is 1. The van der Waals surface area contributed by atoms with Crippen LogP contribution in [0.25, 0.3) is 10.2 Å². The quantitative estimate of drug-likeness (QED) is 0.572. The van der Waals surface area contributed by atoms with Gasteiger partial charge in [0.1, 0.15) is 0 Å². The van der Waals surface area contributed by atoms with Crippen molar-refractivity contribution in [2.45, 2.75) is 20.3 Å². The van der Waals surface area contributed by atoms with Crippen molar-refractivity contribution in [3.8, 4) is 0 Å². The van der Waals surface area contributed by atoms with Crippen LogP contribution in [0, 0.1) is 13.8 Å². The summed E-state index contributed by atoms with van der Waals surface area (Å²) in [6.45, 7) is 5.70. The van der Waals surface area contributed by atoms with Gasteiger partial charge in [0.25, 0.3) is 5.91 Å². The molecule has 0 radical (unpaired) electrons. The molecule has 0 saturated carbocycles. The normalized spacial score (nSPS) is 11.3. The zero-order valence-electron chi connectivity index (χ0n) is 16.1. The zero-order valence-corrected chi connectivity index (χ0v) is 17.7. The van der Waals surface area contributed by atoms with Gasteiger partial charge in [-0.1, -0.05) is 29.0 Å². The van der Waals surface area contributed by atoms with E-state index in [4.69, 9.17) is 16.6 Å². The number of aryl methyl sites for hydroxylation is 2. The second kappa shape index (κ2) is 8.38. The SMILES string of the molecule is Cc1ccc2sc(N(CCCN(C)C)C(=O)c3ccc(Cl)cc3)nc2c1C. The van der Waals surface area contributed by atoms with Gasteiger partial charge in [0.05, 0.1) is 10.2 Å². The predicted octanol–water partition coefficient (Wildman–Crippen LogP) is 5.17. The molecule has 3 aromatic rings. The second-order valence-electron chi connectivity index (χ2n) is 6.97. The van der Waals surface area contributed by atoms with Crippen molar-refractivity contribution in [3.63, 3.8) is 0 Å². The summed E-state index contributed by atoms with van der Waals surface area (Å²) in [6, 6.07) is 11.2. The zero-order chi connectivity index (χ0) is 19.6. The molecule has 0 bridgehead atoms. The van der Waals surface area contributed by atoms with Crippen molar-refractivity contribution >= 4 is 44.2 Å². The van der Waals surface area contributed by atoms with Crippen LogP contribution in [0.5, 0.6) is 0 Å². The first kappa shape index (κ1) is 19.8. The molecule has 4 nitrogen and oxygen atoms in total. The third kappa shape index (κ3) is 4.49. The van der Waals surface area contributed by atoms with Crippen molar-refractivity contribution in [1.82, 2.24) is 9.88 Å². The maximum absolute atomic E-state index is 13.2. The van der Waals surface area contributed by atoms with E-state index in [9.17, 15) is 4.79 Å². The molecular formula is C21H24ClN3OS. The van der Waals surface area contributed by atoms with Gasteiger partial charge in [-0.15, -0.1) is 0 Å². The summed E-state index contributed by atoms with van der Waals surface area (Å²) in [7, 11) is 4.07. The molecule has 27 heavy (non-hydrogen) atoms. The number of hydrogen-bond donors (Lipinski definition) is 0. The van der Waals surface area contributed by atoms with E-state index in [1.807, 2.05) is 14.1 Å². The summed E-state index contributed by atoms with van der Waals surface area (Å²) in [5.74, 6) is -0.0427. The molecule has 0 aliphatic carbocycles. The maximum Gasteiger partial charge on any atom is 0.260 e. The Morgan fingerprint density at radius 2 is 1.78 bits per heavy atom. The van der Waals surface area contributed by atoms with Gasteiger partial charge in [-0.25, -0.2) is 4.98 Å². The Labute approximate surface area is 169 Å². The summed E-state index contributed by atoms with van der Waals surface area (Å²) >= 11 is 7.54. The Morgan fingerprint density at radius 3 is 2.44 bits per heavy atom. The average molecular weight is 402 g/mol. The summed E-state index contributed by atoms with van der Waals surface area (Å²) < 4.78 is 1.11. The lowest BCUT2D eigenvalue weighted by Gasteiger charge is -2.21. The van der Waals surface area contributed by atoms with E-state index in [0.29, 0.717) is 17.1 Å². The number of fused-ring (bicyclic) bond motifs is 1. The van der Waals surface area contributed by atoms with Crippen LogP contribution in [0.1, 0.15) is 27.9 Å². The lowest BCUT2D eigenvalue weighted by atomic mass is 10.1. The minimum absolute atomic E-state index is 0.0427. The Balaban J connectivity index is 1.97. The number of hydrogen-bond acceptors (Lipinski definition) is 4. The van der Waals surface area contributed by atoms with Crippen molar-refractivity contribution in [2.24, 2.45) is 0 Å². The number of rotatable bonds is 6. The topological polar surface area (TPSA) is 36.4 Å². The minimum Gasteiger partial charge on any atom is -0.309 e. The number of carbonyl (C=O) groups excluding carboxylic acids is 1. The fourth-order valence-corrected chi connectivity index (χ4v) is 4.08. The van der Waals surface area contributed by atoms with Gasteiger partial charge in [0.2, 0.25) is 0 Å². The second-order valence-corrected chi connectivity index (χ2v) is 8.42. The van der Waals surface area contributed by atoms with Crippen LogP contribution in [0.3, 0.4) is 0 Å². The molecule has 0 fully saturated rings. The van der Waals surface area contributed by atoms with Crippen LogP contribution >= 0.6 is 22.9 Å². The molecule has 0 N–H and O–H groups in total. The van der Waals surface area contributed by atoms with Gasteiger partial charge in [-0.05, 0) is 82.4 Å². The Kier molecular flexibility index (Phi) is 6.15. The first-order valence-corrected chi connectivity index (χ1v) is 10.1. The van der Waals surface area contributed by atoms with Gasteiger partial charge in [0, 0.05) is 17.1 Å². The standard InChI is InChI=1S/C21H24ClN3OS/c1-14-6-11-18-19(15(14)2)23-21(27-18)25(13-5-12-24(3)4)20(26)16-7-9-17(22)10-8-16/h6-11H,5,12-13H2,1-4H3. The highest BCUT2D eigenvalue weighted by atomic mass is 35.5. The molecule has 3 rings (SSSR count). The summed E-state index contributed by atoms with van der Waals surface area (Å²) in [4.78, 5) is 21.9. The van der Waals surface area contributed by atoms with Crippen LogP contribution < -0.4 is 4.90 Å². The number of thiazole rings is 1. The fourth-order valence-electron chi connectivity index (χ4n) is 2.91. The van der Waals surface area contributed by atoms with Crippen molar-refractivity contribution in [1.29, 1.82) is 0 Å². The number of halogens is 1. The molecule has 1 heterocycles. The van der Waals surface area contributed by atoms with Gasteiger partial charge in [-0.3, -0.25) is 9.69 Å². The molecule has 1 amide bonds. The monoisotopic (exact) mass is 401 g/mol. The average Bonchev–Trinajstić information content (AvgIpc) is 3.06. The lowest BCUT2D eigenvalue weighted by molar-refractivity contribution is 0.0986. The van der Waals surface area contributed by atoms with E-state index < -0.39 is 0 Å². The number of benzene rings is 2. The van der Waals surface area contributed by atoms with E-state index in [1.165, 1.54) is 11.1 Å². The molecule has 0 unspecified atom stereocenters. The van der Waals surface area contributed by atoms with Crippen LogP contribution in [-0.2, 0) is 0 Å². The van der Waals surface area contributed by atoms with E-state index in [0.717, 1.165) is 28.3 Å². The van der Waals surface area contributed by atoms with E-state index >= 15 is 0 Å². The molecule has 2 aromatic carbocycles. The van der Waals surface area contributed by atoms with Crippen molar-refractivity contribution < 1.29 is 4.79 Å². The lowest BCUT2D eigenvalue weighted by Crippen LogP contribution is -2.33. The van der Waals surface area contributed by atoms with Gasteiger partial charge < -0.3 is 4.90 Å². The molecule has 0 saturated heterocycles. The molecule has 0 aliphatic rings. The predicted molar refractivity (Wildman–Crippen MR) is 115 cm³/mol. The molecule has 0 aliphatic heterocycles. The van der Waals surface area contributed by atoms with Crippen LogP contribution in [0.15, 0.2) is 36.4 Å². The third-order valence-corrected chi connectivity index (χ3v) is 5.92. The Morgan fingerprint density at radius 1 is 1.07 bits per heavy atom. The van der Waals surface area contributed by atoms with Gasteiger partial charge in [0.15, 0.2) is 5.13 Å².